The second-order valence-electron chi connectivity index (χ2n) is 5.67. The molecule has 138 valence electrons. The van der Waals surface area contributed by atoms with Crippen LogP contribution in [0.4, 0.5) is 11.4 Å². The predicted molar refractivity (Wildman–Crippen MR) is 108 cm³/mol. The Morgan fingerprint density at radius 1 is 1.23 bits per heavy atom. The van der Waals surface area contributed by atoms with E-state index in [-0.39, 0.29) is 5.71 Å². The number of nitrogen functional groups attached to an aromatic ring is 1. The third kappa shape index (κ3) is 4.21. The standard InChI is InChI=1S/C19H23ClN4O2/c1-11-16(25-2)9-17(26-3)18(20)19(11)24-10-12(21)8-15(23)13-6-4-5-7-14(13)22/h4-9,23-24H,10,21-22H2,1-3H3/b12-8-,23-15?. The molecular formula is C19H23ClN4O2. The van der Waals surface area contributed by atoms with Gasteiger partial charge in [0, 0.05) is 28.6 Å². The molecule has 0 saturated heterocycles. The van der Waals surface area contributed by atoms with Gasteiger partial charge in [-0.3, -0.25) is 0 Å². The van der Waals surface area contributed by atoms with Crippen LogP contribution in [-0.2, 0) is 0 Å². The highest BCUT2D eigenvalue weighted by molar-refractivity contribution is 6.35. The number of hydrogen-bond acceptors (Lipinski definition) is 6. The third-order valence-corrected chi connectivity index (χ3v) is 4.31. The second-order valence-corrected chi connectivity index (χ2v) is 6.05. The van der Waals surface area contributed by atoms with Gasteiger partial charge in [0.1, 0.15) is 16.5 Å². The first-order valence-corrected chi connectivity index (χ1v) is 8.31. The summed E-state index contributed by atoms with van der Waals surface area (Å²) >= 11 is 6.39. The van der Waals surface area contributed by atoms with Crippen LogP contribution in [0.5, 0.6) is 11.5 Å². The summed E-state index contributed by atoms with van der Waals surface area (Å²) in [4.78, 5) is 0. The number of anilines is 2. The number of ether oxygens (including phenoxy) is 2. The Kier molecular flexibility index (Phi) is 6.36. The van der Waals surface area contributed by atoms with Crippen molar-refractivity contribution in [3.8, 4) is 11.5 Å². The minimum Gasteiger partial charge on any atom is -0.496 e. The van der Waals surface area contributed by atoms with Gasteiger partial charge in [0.15, 0.2) is 0 Å². The fraction of sp³-hybridized carbons (Fsp3) is 0.211. The first-order valence-electron chi connectivity index (χ1n) is 7.93. The van der Waals surface area contributed by atoms with E-state index in [2.05, 4.69) is 5.32 Å². The lowest BCUT2D eigenvalue weighted by Gasteiger charge is -2.17. The van der Waals surface area contributed by atoms with Gasteiger partial charge in [0.25, 0.3) is 0 Å². The SMILES string of the molecule is COc1cc(OC)c(Cl)c(NC/C(N)=C/C(=N)c2ccccc2N)c1C. The van der Waals surface area contributed by atoms with Gasteiger partial charge in [-0.1, -0.05) is 29.8 Å². The fourth-order valence-electron chi connectivity index (χ4n) is 2.52. The van der Waals surface area contributed by atoms with Crippen LogP contribution in [0.15, 0.2) is 42.1 Å². The smallest absolute Gasteiger partial charge is 0.143 e. The van der Waals surface area contributed by atoms with Crippen LogP contribution < -0.4 is 26.3 Å². The largest absolute Gasteiger partial charge is 0.496 e. The molecule has 0 spiro atoms. The number of para-hydroxylation sites is 1. The maximum absolute atomic E-state index is 8.17. The molecule has 0 aliphatic rings. The van der Waals surface area contributed by atoms with Crippen molar-refractivity contribution in [2.24, 2.45) is 5.73 Å². The summed E-state index contributed by atoms with van der Waals surface area (Å²) in [6, 6.07) is 8.91. The molecule has 2 rings (SSSR count). The lowest BCUT2D eigenvalue weighted by Crippen LogP contribution is -2.15. The molecule has 0 bridgehead atoms. The summed E-state index contributed by atoms with van der Waals surface area (Å²) in [6.45, 7) is 2.19. The Morgan fingerprint density at radius 2 is 1.88 bits per heavy atom. The molecule has 0 fully saturated rings. The zero-order valence-electron chi connectivity index (χ0n) is 15.0. The third-order valence-electron chi connectivity index (χ3n) is 3.93. The first kappa shape index (κ1) is 19.5. The van der Waals surface area contributed by atoms with Crippen LogP contribution in [0, 0.1) is 12.3 Å². The minimum atomic E-state index is 0.244. The lowest BCUT2D eigenvalue weighted by atomic mass is 10.1. The van der Waals surface area contributed by atoms with Crippen molar-refractivity contribution in [2.45, 2.75) is 6.92 Å². The lowest BCUT2D eigenvalue weighted by molar-refractivity contribution is 0.393. The van der Waals surface area contributed by atoms with E-state index in [4.69, 9.17) is 38.0 Å². The van der Waals surface area contributed by atoms with Crippen LogP contribution in [-0.4, -0.2) is 26.5 Å². The molecule has 26 heavy (non-hydrogen) atoms. The molecule has 0 unspecified atom stereocenters. The first-order chi connectivity index (χ1) is 12.4. The molecule has 0 aromatic heterocycles. The molecule has 0 atom stereocenters. The Labute approximate surface area is 158 Å². The molecule has 0 saturated carbocycles. The summed E-state index contributed by atoms with van der Waals surface area (Å²) in [5.74, 6) is 1.16. The summed E-state index contributed by atoms with van der Waals surface area (Å²) in [7, 11) is 3.12. The van der Waals surface area contributed by atoms with Gasteiger partial charge in [-0.05, 0) is 19.1 Å². The Hall–Kier alpha value is -2.86. The van der Waals surface area contributed by atoms with E-state index in [9.17, 15) is 0 Å². The summed E-state index contributed by atoms with van der Waals surface area (Å²) in [5.41, 5.74) is 15.3. The number of hydrogen-bond donors (Lipinski definition) is 4. The van der Waals surface area contributed by atoms with E-state index in [1.165, 1.54) is 0 Å². The zero-order valence-corrected chi connectivity index (χ0v) is 15.8. The van der Waals surface area contributed by atoms with Gasteiger partial charge in [-0.25, -0.2) is 0 Å². The van der Waals surface area contributed by atoms with Crippen molar-refractivity contribution in [3.05, 3.63) is 58.3 Å². The van der Waals surface area contributed by atoms with E-state index in [0.717, 1.165) is 5.56 Å². The topological polar surface area (TPSA) is 106 Å². The van der Waals surface area contributed by atoms with E-state index in [1.807, 2.05) is 19.1 Å². The number of nitrogens with two attached hydrogens (primary N) is 2. The van der Waals surface area contributed by atoms with Crippen LogP contribution in [0.1, 0.15) is 11.1 Å². The van der Waals surface area contributed by atoms with Gasteiger partial charge in [-0.2, -0.15) is 0 Å². The van der Waals surface area contributed by atoms with Gasteiger partial charge in [0.2, 0.25) is 0 Å². The monoisotopic (exact) mass is 374 g/mol. The molecule has 0 aliphatic carbocycles. The normalized spacial score (nSPS) is 11.2. The number of rotatable bonds is 7. The van der Waals surface area contributed by atoms with Gasteiger partial charge in [-0.15, -0.1) is 0 Å². The molecular weight excluding hydrogens is 352 g/mol. The second kappa shape index (κ2) is 8.49. The zero-order chi connectivity index (χ0) is 19.3. The average Bonchev–Trinajstić information content (AvgIpc) is 2.62. The van der Waals surface area contributed by atoms with E-state index in [1.54, 1.807) is 38.5 Å². The Balaban J connectivity index is 2.20. The van der Waals surface area contributed by atoms with Crippen LogP contribution >= 0.6 is 11.6 Å². The Morgan fingerprint density at radius 3 is 2.50 bits per heavy atom. The molecule has 2 aromatic carbocycles. The van der Waals surface area contributed by atoms with Crippen LogP contribution in [0.25, 0.3) is 0 Å². The molecule has 7 heteroatoms. The summed E-state index contributed by atoms with van der Waals surface area (Å²) < 4.78 is 10.6. The van der Waals surface area contributed by atoms with E-state index < -0.39 is 0 Å². The number of allylic oxidation sites excluding steroid dienone is 1. The molecule has 2 aromatic rings. The predicted octanol–water partition coefficient (Wildman–Crippen LogP) is 3.57. The maximum atomic E-state index is 8.17. The molecule has 0 amide bonds. The number of halogens is 1. The maximum Gasteiger partial charge on any atom is 0.143 e. The van der Waals surface area contributed by atoms with Crippen molar-refractivity contribution in [1.29, 1.82) is 5.41 Å². The molecule has 6 N–H and O–H groups in total. The number of benzene rings is 2. The summed E-state index contributed by atoms with van der Waals surface area (Å²) in [5, 5.41) is 11.8. The van der Waals surface area contributed by atoms with E-state index in [0.29, 0.717) is 45.7 Å². The van der Waals surface area contributed by atoms with Crippen molar-refractivity contribution < 1.29 is 9.47 Å². The van der Waals surface area contributed by atoms with Gasteiger partial charge in [0.05, 0.1) is 32.2 Å². The minimum absolute atomic E-state index is 0.244. The van der Waals surface area contributed by atoms with Gasteiger partial charge < -0.3 is 31.7 Å². The molecule has 0 radical (unpaired) electrons. The molecule has 0 aliphatic heterocycles. The van der Waals surface area contributed by atoms with Crippen molar-refractivity contribution in [1.82, 2.24) is 0 Å². The van der Waals surface area contributed by atoms with Crippen molar-refractivity contribution in [3.63, 3.8) is 0 Å². The highest BCUT2D eigenvalue weighted by Gasteiger charge is 2.15. The average molecular weight is 375 g/mol. The fourth-order valence-corrected chi connectivity index (χ4v) is 2.86. The van der Waals surface area contributed by atoms with E-state index >= 15 is 0 Å². The van der Waals surface area contributed by atoms with Crippen molar-refractivity contribution >= 4 is 28.7 Å². The molecule has 6 nitrogen and oxygen atoms in total. The highest BCUT2D eigenvalue weighted by atomic mass is 35.5. The number of methoxy groups -OCH3 is 2. The number of nitrogens with one attached hydrogen (secondary N) is 2. The van der Waals surface area contributed by atoms with Crippen LogP contribution in [0.2, 0.25) is 5.02 Å². The highest BCUT2D eigenvalue weighted by Crippen LogP contribution is 2.40. The van der Waals surface area contributed by atoms with Crippen molar-refractivity contribution in [2.75, 3.05) is 31.8 Å². The Bertz CT molecular complexity index is 821. The van der Waals surface area contributed by atoms with Gasteiger partial charge >= 0.3 is 0 Å². The van der Waals surface area contributed by atoms with Crippen LogP contribution in [0.3, 0.4) is 0 Å². The quantitative estimate of drug-likeness (QED) is 0.438. The summed E-state index contributed by atoms with van der Waals surface area (Å²) in [6.07, 6.45) is 1.57. The molecule has 0 heterocycles.